The van der Waals surface area contributed by atoms with Gasteiger partial charge in [0.05, 0.1) is 6.04 Å². The lowest BCUT2D eigenvalue weighted by molar-refractivity contribution is 0.0717. The van der Waals surface area contributed by atoms with E-state index in [9.17, 15) is 9.59 Å². The van der Waals surface area contributed by atoms with Crippen LogP contribution >= 0.6 is 0 Å². The third kappa shape index (κ3) is 3.90. The van der Waals surface area contributed by atoms with Crippen molar-refractivity contribution >= 4 is 12.1 Å². The van der Waals surface area contributed by atoms with Crippen molar-refractivity contribution in [1.82, 2.24) is 9.80 Å². The lowest BCUT2D eigenvalue weighted by Crippen LogP contribution is -2.53. The summed E-state index contributed by atoms with van der Waals surface area (Å²) in [6.45, 7) is 1.90. The molecule has 7 heteroatoms. The van der Waals surface area contributed by atoms with E-state index in [2.05, 4.69) is 0 Å². The number of carbonyl (C=O) groups excluding carboxylic acids is 2. The highest BCUT2D eigenvalue weighted by Gasteiger charge is 2.42. The van der Waals surface area contributed by atoms with Crippen LogP contribution in [0.3, 0.4) is 0 Å². The molecule has 2 aliphatic rings. The van der Waals surface area contributed by atoms with Crippen molar-refractivity contribution in [3.63, 3.8) is 0 Å². The van der Waals surface area contributed by atoms with Gasteiger partial charge in [0.2, 0.25) is 0 Å². The Morgan fingerprint density at radius 1 is 1.07 bits per heavy atom. The Morgan fingerprint density at radius 3 is 2.48 bits per heavy atom. The first-order chi connectivity index (χ1) is 14.0. The molecule has 3 amide bonds. The van der Waals surface area contributed by atoms with Crippen molar-refractivity contribution in [2.75, 3.05) is 19.6 Å². The standard InChI is InChI=1S/C22H24FN3O3/c23-20-16(8-4-9-17(20)15-6-2-1-3-7-15)14-18-19(29-21(24)27)10-13-26(18)22(28)25-11-5-12-25/h1-4,6-9,18-19H,5,10-14H2,(H2,24,27)/t18-,19-/m0/s1. The topological polar surface area (TPSA) is 75.9 Å². The van der Waals surface area contributed by atoms with Crippen LogP contribution in [0, 0.1) is 5.82 Å². The summed E-state index contributed by atoms with van der Waals surface area (Å²) in [6.07, 6.45) is 0.311. The maximum absolute atomic E-state index is 15.3. The number of urea groups is 1. The van der Waals surface area contributed by atoms with E-state index in [1.54, 1.807) is 28.0 Å². The Balaban J connectivity index is 1.62. The third-order valence-corrected chi connectivity index (χ3v) is 5.72. The molecule has 0 spiro atoms. The number of ether oxygens (including phenoxy) is 1. The summed E-state index contributed by atoms with van der Waals surface area (Å²) in [4.78, 5) is 27.6. The lowest BCUT2D eigenvalue weighted by atomic mass is 9.96. The number of primary amides is 1. The Kier molecular flexibility index (Phi) is 5.38. The zero-order valence-electron chi connectivity index (χ0n) is 16.1. The first kappa shape index (κ1) is 19.2. The summed E-state index contributed by atoms with van der Waals surface area (Å²) in [5.41, 5.74) is 7.01. The van der Waals surface area contributed by atoms with Crippen molar-refractivity contribution in [1.29, 1.82) is 0 Å². The minimum atomic E-state index is -0.878. The lowest BCUT2D eigenvalue weighted by Gasteiger charge is -2.37. The SMILES string of the molecule is NC(=O)O[C@H]1CCN(C(=O)N2CCC2)[C@H]1Cc1cccc(-c2ccccc2)c1F. The van der Waals surface area contributed by atoms with E-state index in [-0.39, 0.29) is 18.3 Å². The summed E-state index contributed by atoms with van der Waals surface area (Å²) in [5.74, 6) is -0.320. The molecule has 2 aromatic rings. The van der Waals surface area contributed by atoms with E-state index >= 15 is 4.39 Å². The number of likely N-dealkylation sites (tertiary alicyclic amines) is 2. The molecule has 0 bridgehead atoms. The summed E-state index contributed by atoms with van der Waals surface area (Å²) >= 11 is 0. The number of rotatable bonds is 4. The molecule has 0 aliphatic carbocycles. The smallest absolute Gasteiger partial charge is 0.404 e. The number of carbonyl (C=O) groups is 2. The van der Waals surface area contributed by atoms with Crippen LogP contribution in [0.2, 0.25) is 0 Å². The summed E-state index contributed by atoms with van der Waals surface area (Å²) in [7, 11) is 0. The van der Waals surface area contributed by atoms with Crippen LogP contribution < -0.4 is 5.73 Å². The van der Waals surface area contributed by atoms with Crippen molar-refractivity contribution in [3.8, 4) is 11.1 Å². The van der Waals surface area contributed by atoms with Crippen LogP contribution in [-0.2, 0) is 11.2 Å². The first-order valence-corrected chi connectivity index (χ1v) is 9.89. The third-order valence-electron chi connectivity index (χ3n) is 5.72. The van der Waals surface area contributed by atoms with Crippen LogP contribution in [0.5, 0.6) is 0 Å². The number of halogens is 1. The molecule has 152 valence electrons. The van der Waals surface area contributed by atoms with Gasteiger partial charge in [-0.15, -0.1) is 0 Å². The predicted molar refractivity (Wildman–Crippen MR) is 107 cm³/mol. The Bertz CT molecular complexity index is 901. The van der Waals surface area contributed by atoms with Gasteiger partial charge >= 0.3 is 12.1 Å². The zero-order valence-corrected chi connectivity index (χ0v) is 16.1. The number of hydrogen-bond acceptors (Lipinski definition) is 3. The Labute approximate surface area is 169 Å². The van der Waals surface area contributed by atoms with Crippen LogP contribution in [0.4, 0.5) is 14.0 Å². The van der Waals surface area contributed by atoms with Crippen LogP contribution in [0.1, 0.15) is 18.4 Å². The predicted octanol–water partition coefficient (Wildman–Crippen LogP) is 3.40. The van der Waals surface area contributed by atoms with Gasteiger partial charge in [-0.05, 0) is 24.0 Å². The van der Waals surface area contributed by atoms with E-state index in [4.69, 9.17) is 10.5 Å². The number of benzene rings is 2. The molecule has 0 aromatic heterocycles. The molecular weight excluding hydrogens is 373 g/mol. The number of nitrogens with two attached hydrogens (primary N) is 1. The van der Waals surface area contributed by atoms with Crippen LogP contribution in [0.25, 0.3) is 11.1 Å². The second-order valence-corrected chi connectivity index (χ2v) is 7.50. The number of hydrogen-bond donors (Lipinski definition) is 1. The van der Waals surface area contributed by atoms with E-state index in [0.29, 0.717) is 24.1 Å². The van der Waals surface area contributed by atoms with E-state index in [1.807, 2.05) is 30.3 Å². The Hall–Kier alpha value is -3.09. The summed E-state index contributed by atoms with van der Waals surface area (Å²) < 4.78 is 20.6. The molecule has 6 nitrogen and oxygen atoms in total. The molecule has 2 N–H and O–H groups in total. The second kappa shape index (κ2) is 8.11. The Morgan fingerprint density at radius 2 is 1.83 bits per heavy atom. The number of nitrogens with zero attached hydrogens (tertiary/aromatic N) is 2. The minimum absolute atomic E-state index is 0.0866. The van der Waals surface area contributed by atoms with Crippen molar-refractivity contribution in [2.24, 2.45) is 5.73 Å². The molecule has 2 aromatic carbocycles. The van der Waals surface area contributed by atoms with E-state index in [1.165, 1.54) is 0 Å². The van der Waals surface area contributed by atoms with Gasteiger partial charge in [-0.1, -0.05) is 48.5 Å². The summed E-state index contributed by atoms with van der Waals surface area (Å²) in [5, 5.41) is 0. The maximum Gasteiger partial charge on any atom is 0.404 e. The van der Waals surface area contributed by atoms with Gasteiger partial charge in [-0.2, -0.15) is 0 Å². The van der Waals surface area contributed by atoms with Crippen LogP contribution in [0.15, 0.2) is 48.5 Å². The normalized spacial score (nSPS) is 21.0. The van der Waals surface area contributed by atoms with Crippen molar-refractivity contribution in [2.45, 2.75) is 31.4 Å². The molecule has 2 saturated heterocycles. The molecular formula is C22H24FN3O3. The molecule has 4 rings (SSSR count). The molecule has 2 fully saturated rings. The van der Waals surface area contributed by atoms with Crippen LogP contribution in [-0.4, -0.2) is 53.7 Å². The minimum Gasteiger partial charge on any atom is -0.444 e. The molecule has 2 atom stereocenters. The monoisotopic (exact) mass is 397 g/mol. The molecule has 0 saturated carbocycles. The molecule has 0 unspecified atom stereocenters. The van der Waals surface area contributed by atoms with Gasteiger partial charge in [-0.25, -0.2) is 14.0 Å². The van der Waals surface area contributed by atoms with Gasteiger partial charge in [0.25, 0.3) is 0 Å². The van der Waals surface area contributed by atoms with Crippen molar-refractivity contribution < 1.29 is 18.7 Å². The summed E-state index contributed by atoms with van der Waals surface area (Å²) in [6, 6.07) is 14.1. The number of amides is 3. The van der Waals surface area contributed by atoms with Crippen molar-refractivity contribution in [3.05, 3.63) is 59.9 Å². The highest BCUT2D eigenvalue weighted by Crippen LogP contribution is 2.30. The average Bonchev–Trinajstić information content (AvgIpc) is 3.04. The molecule has 2 aliphatic heterocycles. The largest absolute Gasteiger partial charge is 0.444 e. The average molecular weight is 397 g/mol. The van der Waals surface area contributed by atoms with E-state index < -0.39 is 18.2 Å². The first-order valence-electron chi connectivity index (χ1n) is 9.89. The molecule has 0 radical (unpaired) electrons. The quantitative estimate of drug-likeness (QED) is 0.859. The maximum atomic E-state index is 15.3. The fourth-order valence-electron chi connectivity index (χ4n) is 4.08. The fraction of sp³-hybridized carbons (Fsp3) is 0.364. The zero-order chi connectivity index (χ0) is 20.4. The molecule has 29 heavy (non-hydrogen) atoms. The highest BCUT2D eigenvalue weighted by atomic mass is 19.1. The van der Waals surface area contributed by atoms with Gasteiger partial charge in [0.15, 0.2) is 0 Å². The van der Waals surface area contributed by atoms with Gasteiger partial charge in [0, 0.05) is 31.6 Å². The highest BCUT2D eigenvalue weighted by molar-refractivity contribution is 5.76. The second-order valence-electron chi connectivity index (χ2n) is 7.50. The van der Waals surface area contributed by atoms with Gasteiger partial charge < -0.3 is 20.3 Å². The molecule has 2 heterocycles. The van der Waals surface area contributed by atoms with Gasteiger partial charge in [-0.3, -0.25) is 0 Å². The van der Waals surface area contributed by atoms with Gasteiger partial charge in [0.1, 0.15) is 11.9 Å². The van der Waals surface area contributed by atoms with E-state index in [0.717, 1.165) is 25.1 Å². The fourth-order valence-corrected chi connectivity index (χ4v) is 4.08.